The Morgan fingerprint density at radius 1 is 1.24 bits per heavy atom. The number of urea groups is 1. The van der Waals surface area contributed by atoms with Gasteiger partial charge in [-0.05, 0) is 49.9 Å². The molecule has 1 aliphatic heterocycles. The largest absolute Gasteiger partial charge is 0.376 e. The molecule has 0 radical (unpaired) electrons. The summed E-state index contributed by atoms with van der Waals surface area (Å²) in [5, 5.41) is 5.38. The van der Waals surface area contributed by atoms with Crippen LogP contribution in [-0.4, -0.2) is 25.3 Å². The van der Waals surface area contributed by atoms with Crippen molar-refractivity contribution >= 4 is 11.7 Å². The Kier molecular flexibility index (Phi) is 7.55. The van der Waals surface area contributed by atoms with Crippen molar-refractivity contribution in [3.63, 3.8) is 0 Å². The summed E-state index contributed by atoms with van der Waals surface area (Å²) in [6.45, 7) is 3.41. The summed E-state index contributed by atoms with van der Waals surface area (Å²) >= 11 is 0. The van der Waals surface area contributed by atoms with Gasteiger partial charge in [-0.3, -0.25) is 0 Å². The molecule has 1 aliphatic rings. The van der Waals surface area contributed by atoms with E-state index in [1.165, 1.54) is 12.5 Å². The van der Waals surface area contributed by atoms with Crippen LogP contribution >= 0.6 is 0 Å². The third-order valence-electron chi connectivity index (χ3n) is 4.81. The average Bonchev–Trinajstić information content (AvgIpc) is 2.69. The second-order valence-electron chi connectivity index (χ2n) is 7.19. The SMILES string of the molecule is CC(NC(=O)Nc1cccc(COCC2CCCCO2)c1)c1ccc(F)cc1F. The van der Waals surface area contributed by atoms with Gasteiger partial charge in [-0.15, -0.1) is 0 Å². The Hall–Kier alpha value is -2.51. The molecule has 2 atom stereocenters. The number of halogens is 2. The Bertz CT molecular complexity index is 825. The topological polar surface area (TPSA) is 59.6 Å². The number of carbonyl (C=O) groups excluding carboxylic acids is 1. The van der Waals surface area contributed by atoms with Gasteiger partial charge in [0.05, 0.1) is 25.4 Å². The highest BCUT2D eigenvalue weighted by Gasteiger charge is 2.15. The number of hydrogen-bond donors (Lipinski definition) is 2. The van der Waals surface area contributed by atoms with Crippen LogP contribution in [0.25, 0.3) is 0 Å². The molecule has 0 aliphatic carbocycles. The molecule has 1 fully saturated rings. The van der Waals surface area contributed by atoms with Crippen molar-refractivity contribution in [1.29, 1.82) is 0 Å². The van der Waals surface area contributed by atoms with E-state index in [2.05, 4.69) is 10.6 Å². The summed E-state index contributed by atoms with van der Waals surface area (Å²) in [5.74, 6) is -1.35. The number of anilines is 1. The van der Waals surface area contributed by atoms with Crippen molar-refractivity contribution in [3.8, 4) is 0 Å². The summed E-state index contributed by atoms with van der Waals surface area (Å²) in [6.07, 6.45) is 3.46. The molecule has 0 bridgehead atoms. The van der Waals surface area contributed by atoms with E-state index in [-0.39, 0.29) is 11.7 Å². The third kappa shape index (κ3) is 6.51. The normalized spacial score (nSPS) is 17.6. The van der Waals surface area contributed by atoms with Gasteiger partial charge in [0.1, 0.15) is 11.6 Å². The molecule has 5 nitrogen and oxygen atoms in total. The van der Waals surface area contributed by atoms with Crippen LogP contribution in [0.5, 0.6) is 0 Å². The van der Waals surface area contributed by atoms with Crippen LogP contribution in [0, 0.1) is 11.6 Å². The van der Waals surface area contributed by atoms with Gasteiger partial charge in [-0.1, -0.05) is 18.2 Å². The second-order valence-corrected chi connectivity index (χ2v) is 7.19. The molecule has 1 saturated heterocycles. The van der Waals surface area contributed by atoms with Gasteiger partial charge in [0.15, 0.2) is 0 Å². The first kappa shape index (κ1) is 21.2. The first-order chi connectivity index (χ1) is 14.0. The molecule has 2 unspecified atom stereocenters. The van der Waals surface area contributed by atoms with Crippen molar-refractivity contribution < 1.29 is 23.0 Å². The van der Waals surface area contributed by atoms with Crippen LogP contribution in [0.2, 0.25) is 0 Å². The lowest BCUT2D eigenvalue weighted by Crippen LogP contribution is -2.31. The lowest BCUT2D eigenvalue weighted by molar-refractivity contribution is -0.0447. The first-order valence-corrected chi connectivity index (χ1v) is 9.82. The smallest absolute Gasteiger partial charge is 0.319 e. The number of amides is 2. The highest BCUT2D eigenvalue weighted by atomic mass is 19.1. The number of benzene rings is 2. The molecule has 0 spiro atoms. The average molecular weight is 404 g/mol. The predicted octanol–water partition coefficient (Wildman–Crippen LogP) is 4.93. The summed E-state index contributed by atoms with van der Waals surface area (Å²) in [5.41, 5.74) is 1.74. The maximum absolute atomic E-state index is 13.8. The molecule has 7 heteroatoms. The van der Waals surface area contributed by atoms with Crippen molar-refractivity contribution in [2.75, 3.05) is 18.5 Å². The van der Waals surface area contributed by atoms with E-state index in [0.717, 1.165) is 37.1 Å². The Morgan fingerprint density at radius 2 is 2.10 bits per heavy atom. The van der Waals surface area contributed by atoms with Gasteiger partial charge >= 0.3 is 6.03 Å². The van der Waals surface area contributed by atoms with Gasteiger partial charge in [0.2, 0.25) is 0 Å². The van der Waals surface area contributed by atoms with Gasteiger partial charge in [0, 0.05) is 23.9 Å². The minimum absolute atomic E-state index is 0.157. The quantitative estimate of drug-likeness (QED) is 0.688. The minimum Gasteiger partial charge on any atom is -0.376 e. The molecular formula is C22H26F2N2O3. The van der Waals surface area contributed by atoms with E-state index >= 15 is 0 Å². The van der Waals surface area contributed by atoms with Crippen molar-refractivity contribution in [1.82, 2.24) is 5.32 Å². The number of rotatable bonds is 7. The maximum Gasteiger partial charge on any atom is 0.319 e. The molecule has 0 aromatic heterocycles. The first-order valence-electron chi connectivity index (χ1n) is 9.82. The number of nitrogens with one attached hydrogen (secondary N) is 2. The highest BCUT2D eigenvalue weighted by Crippen LogP contribution is 2.19. The second kappa shape index (κ2) is 10.3. The summed E-state index contributed by atoms with van der Waals surface area (Å²) in [6, 6.07) is 9.52. The van der Waals surface area contributed by atoms with Crippen molar-refractivity contribution in [2.24, 2.45) is 0 Å². The lowest BCUT2D eigenvalue weighted by atomic mass is 10.1. The van der Waals surface area contributed by atoms with E-state index in [1.807, 2.05) is 18.2 Å². The Balaban J connectivity index is 1.49. The van der Waals surface area contributed by atoms with Gasteiger partial charge < -0.3 is 20.1 Å². The van der Waals surface area contributed by atoms with Crippen LogP contribution in [0.1, 0.15) is 43.4 Å². The van der Waals surface area contributed by atoms with E-state index in [1.54, 1.807) is 13.0 Å². The minimum atomic E-state index is -0.695. The maximum atomic E-state index is 13.8. The van der Waals surface area contributed by atoms with E-state index in [0.29, 0.717) is 18.9 Å². The molecule has 2 aromatic rings. The zero-order valence-corrected chi connectivity index (χ0v) is 16.4. The van der Waals surface area contributed by atoms with Crippen LogP contribution in [-0.2, 0) is 16.1 Å². The number of carbonyl (C=O) groups is 1. The van der Waals surface area contributed by atoms with Gasteiger partial charge in [-0.2, -0.15) is 0 Å². The highest BCUT2D eigenvalue weighted by molar-refractivity contribution is 5.89. The van der Waals surface area contributed by atoms with Crippen LogP contribution in [0.15, 0.2) is 42.5 Å². The summed E-state index contributed by atoms with van der Waals surface area (Å²) in [7, 11) is 0. The molecule has 2 N–H and O–H groups in total. The van der Waals surface area contributed by atoms with Crippen molar-refractivity contribution in [3.05, 3.63) is 65.2 Å². The molecule has 1 heterocycles. The molecule has 0 saturated carbocycles. The third-order valence-corrected chi connectivity index (χ3v) is 4.81. The molecule has 2 aromatic carbocycles. The summed E-state index contributed by atoms with van der Waals surface area (Å²) < 4.78 is 38.3. The fourth-order valence-corrected chi connectivity index (χ4v) is 3.28. The number of hydrogen-bond acceptors (Lipinski definition) is 3. The Labute approximate surface area is 169 Å². The molecule has 156 valence electrons. The Morgan fingerprint density at radius 3 is 2.86 bits per heavy atom. The van der Waals surface area contributed by atoms with Crippen LogP contribution in [0.4, 0.5) is 19.3 Å². The fraction of sp³-hybridized carbons (Fsp3) is 0.409. The van der Waals surface area contributed by atoms with Gasteiger partial charge in [-0.25, -0.2) is 13.6 Å². The molecule has 29 heavy (non-hydrogen) atoms. The summed E-state index contributed by atoms with van der Waals surface area (Å²) in [4.78, 5) is 12.2. The predicted molar refractivity (Wildman–Crippen MR) is 107 cm³/mol. The number of ether oxygens (including phenoxy) is 2. The van der Waals surface area contributed by atoms with Crippen molar-refractivity contribution in [2.45, 2.75) is 44.9 Å². The molecular weight excluding hydrogens is 378 g/mol. The zero-order valence-electron chi connectivity index (χ0n) is 16.4. The zero-order chi connectivity index (χ0) is 20.6. The van der Waals surface area contributed by atoms with Gasteiger partial charge in [0.25, 0.3) is 0 Å². The van der Waals surface area contributed by atoms with Crippen LogP contribution < -0.4 is 10.6 Å². The van der Waals surface area contributed by atoms with E-state index in [4.69, 9.17) is 9.47 Å². The lowest BCUT2D eigenvalue weighted by Gasteiger charge is -2.22. The van der Waals surface area contributed by atoms with E-state index in [9.17, 15) is 13.6 Å². The standard InChI is InChI=1S/C22H26F2N2O3/c1-15(20-9-8-17(23)12-21(20)24)25-22(27)26-18-6-4-5-16(11-18)13-28-14-19-7-2-3-10-29-19/h4-6,8-9,11-12,15,19H,2-3,7,10,13-14H2,1H3,(H2,25,26,27). The van der Waals surface area contributed by atoms with Crippen LogP contribution in [0.3, 0.4) is 0 Å². The fourth-order valence-electron chi connectivity index (χ4n) is 3.28. The molecule has 3 rings (SSSR count). The monoisotopic (exact) mass is 404 g/mol. The van der Waals surface area contributed by atoms with E-state index < -0.39 is 23.7 Å². The molecule has 2 amide bonds.